The Morgan fingerprint density at radius 3 is 2.47 bits per heavy atom. The molecule has 0 aromatic carbocycles. The minimum Gasteiger partial charge on any atom is -0.390 e. The summed E-state index contributed by atoms with van der Waals surface area (Å²) in [6.45, 7) is 0. The Morgan fingerprint density at radius 1 is 1.07 bits per heavy atom. The summed E-state index contributed by atoms with van der Waals surface area (Å²) in [5.74, 6) is 0.772. The average molecular weight is 211 g/mol. The van der Waals surface area contributed by atoms with Gasteiger partial charge in [-0.1, -0.05) is 32.1 Å². The van der Waals surface area contributed by atoms with E-state index in [0.29, 0.717) is 0 Å². The van der Waals surface area contributed by atoms with Crippen LogP contribution in [0.4, 0.5) is 0 Å². The molecule has 2 aliphatic carbocycles. The zero-order chi connectivity index (χ0) is 10.7. The highest BCUT2D eigenvalue weighted by molar-refractivity contribution is 4.90. The first kappa shape index (κ1) is 11.4. The Bertz CT molecular complexity index is 201. The first-order chi connectivity index (χ1) is 7.18. The monoisotopic (exact) mass is 211 g/mol. The Labute approximate surface area is 93.2 Å². The van der Waals surface area contributed by atoms with E-state index in [9.17, 15) is 5.11 Å². The van der Waals surface area contributed by atoms with Crippen LogP contribution < -0.4 is 5.73 Å². The van der Waals surface area contributed by atoms with Crippen molar-refractivity contribution in [1.82, 2.24) is 0 Å². The lowest BCUT2D eigenvalue weighted by molar-refractivity contribution is -0.0272. The van der Waals surface area contributed by atoms with Crippen LogP contribution >= 0.6 is 0 Å². The number of rotatable bonds is 2. The van der Waals surface area contributed by atoms with Crippen molar-refractivity contribution in [3.8, 4) is 0 Å². The molecule has 88 valence electrons. The fraction of sp³-hybridized carbons (Fsp3) is 1.00. The van der Waals surface area contributed by atoms with Crippen LogP contribution in [0.2, 0.25) is 0 Å². The first-order valence-electron chi connectivity index (χ1n) is 6.66. The van der Waals surface area contributed by atoms with Crippen molar-refractivity contribution >= 4 is 0 Å². The molecule has 15 heavy (non-hydrogen) atoms. The summed E-state index contributed by atoms with van der Waals surface area (Å²) < 4.78 is 0. The molecular weight excluding hydrogens is 186 g/mol. The average Bonchev–Trinajstić information content (AvgIpc) is 2.18. The molecule has 0 aliphatic heterocycles. The Morgan fingerprint density at radius 2 is 1.80 bits per heavy atom. The molecule has 0 bridgehead atoms. The molecule has 2 heteroatoms. The van der Waals surface area contributed by atoms with Gasteiger partial charge in [-0.2, -0.15) is 0 Å². The van der Waals surface area contributed by atoms with E-state index in [4.69, 9.17) is 5.73 Å². The van der Waals surface area contributed by atoms with Gasteiger partial charge < -0.3 is 10.8 Å². The van der Waals surface area contributed by atoms with E-state index in [1.165, 1.54) is 32.1 Å². The Balaban J connectivity index is 1.85. The van der Waals surface area contributed by atoms with Gasteiger partial charge in [0.05, 0.1) is 5.60 Å². The molecule has 2 aliphatic rings. The van der Waals surface area contributed by atoms with Gasteiger partial charge >= 0.3 is 0 Å². The lowest BCUT2D eigenvalue weighted by atomic mass is 9.73. The van der Waals surface area contributed by atoms with Gasteiger partial charge in [0.1, 0.15) is 0 Å². The van der Waals surface area contributed by atoms with Crippen molar-refractivity contribution in [3.63, 3.8) is 0 Å². The first-order valence-corrected chi connectivity index (χ1v) is 6.66. The van der Waals surface area contributed by atoms with Gasteiger partial charge in [0.25, 0.3) is 0 Å². The van der Waals surface area contributed by atoms with E-state index in [0.717, 1.165) is 38.0 Å². The summed E-state index contributed by atoms with van der Waals surface area (Å²) >= 11 is 0. The third-order valence-corrected chi connectivity index (χ3v) is 4.25. The van der Waals surface area contributed by atoms with Crippen LogP contribution in [0.25, 0.3) is 0 Å². The molecule has 0 aromatic rings. The topological polar surface area (TPSA) is 46.2 Å². The van der Waals surface area contributed by atoms with Crippen LogP contribution in [-0.4, -0.2) is 16.7 Å². The van der Waals surface area contributed by atoms with Crippen LogP contribution in [0.15, 0.2) is 0 Å². The van der Waals surface area contributed by atoms with Crippen LogP contribution in [0.5, 0.6) is 0 Å². The molecule has 2 atom stereocenters. The molecule has 0 saturated heterocycles. The summed E-state index contributed by atoms with van der Waals surface area (Å²) in [6.07, 6.45) is 11.8. The lowest BCUT2D eigenvalue weighted by Gasteiger charge is -2.38. The van der Waals surface area contributed by atoms with Gasteiger partial charge in [0, 0.05) is 6.04 Å². The quantitative estimate of drug-likeness (QED) is 0.737. The zero-order valence-corrected chi connectivity index (χ0v) is 9.75. The van der Waals surface area contributed by atoms with E-state index in [1.54, 1.807) is 0 Å². The van der Waals surface area contributed by atoms with Gasteiger partial charge in [0.15, 0.2) is 0 Å². The van der Waals surface area contributed by atoms with E-state index < -0.39 is 5.60 Å². The van der Waals surface area contributed by atoms with Gasteiger partial charge in [-0.15, -0.1) is 0 Å². The van der Waals surface area contributed by atoms with Gasteiger partial charge in [-0.25, -0.2) is 0 Å². The second kappa shape index (κ2) is 4.84. The van der Waals surface area contributed by atoms with Gasteiger partial charge in [0.2, 0.25) is 0 Å². The number of nitrogens with two attached hydrogens (primary N) is 1. The SMILES string of the molecule is NC1CCCC(O)(CC2CCCCC2)C1. The van der Waals surface area contributed by atoms with Crippen molar-refractivity contribution in [2.24, 2.45) is 11.7 Å². The summed E-state index contributed by atoms with van der Waals surface area (Å²) in [4.78, 5) is 0. The molecule has 2 rings (SSSR count). The second-order valence-electron chi connectivity index (χ2n) is 5.79. The largest absolute Gasteiger partial charge is 0.390 e. The van der Waals surface area contributed by atoms with E-state index >= 15 is 0 Å². The molecule has 0 aromatic heterocycles. The minimum absolute atomic E-state index is 0.243. The molecule has 2 unspecified atom stereocenters. The zero-order valence-electron chi connectivity index (χ0n) is 9.75. The molecule has 0 amide bonds. The van der Waals surface area contributed by atoms with Crippen molar-refractivity contribution < 1.29 is 5.11 Å². The van der Waals surface area contributed by atoms with Crippen LogP contribution in [0, 0.1) is 5.92 Å². The summed E-state index contributed by atoms with van der Waals surface area (Å²) in [6, 6.07) is 0.243. The molecule has 2 saturated carbocycles. The highest BCUT2D eigenvalue weighted by atomic mass is 16.3. The van der Waals surface area contributed by atoms with Crippen molar-refractivity contribution in [2.45, 2.75) is 75.9 Å². The fourth-order valence-corrected chi connectivity index (χ4v) is 3.50. The van der Waals surface area contributed by atoms with Crippen molar-refractivity contribution in [1.29, 1.82) is 0 Å². The minimum atomic E-state index is -0.417. The smallest absolute Gasteiger partial charge is 0.0665 e. The van der Waals surface area contributed by atoms with E-state index in [1.807, 2.05) is 0 Å². The summed E-state index contributed by atoms with van der Waals surface area (Å²) in [5, 5.41) is 10.5. The normalized spacial score (nSPS) is 39.2. The lowest BCUT2D eigenvalue weighted by Crippen LogP contribution is -2.42. The molecule has 0 radical (unpaired) electrons. The maximum atomic E-state index is 10.5. The fourth-order valence-electron chi connectivity index (χ4n) is 3.50. The predicted molar refractivity (Wildman–Crippen MR) is 62.6 cm³/mol. The highest BCUT2D eigenvalue weighted by Crippen LogP contribution is 2.37. The predicted octanol–water partition coefficient (Wildman–Crippen LogP) is 2.59. The second-order valence-corrected chi connectivity index (χ2v) is 5.79. The third kappa shape index (κ3) is 3.18. The van der Waals surface area contributed by atoms with Crippen molar-refractivity contribution in [2.75, 3.05) is 0 Å². The molecule has 0 heterocycles. The number of aliphatic hydroxyl groups is 1. The number of hydrogen-bond acceptors (Lipinski definition) is 2. The molecule has 0 spiro atoms. The van der Waals surface area contributed by atoms with Crippen LogP contribution in [0.1, 0.15) is 64.2 Å². The Kier molecular flexibility index (Phi) is 3.68. The standard InChI is InChI=1S/C13H25NO/c14-12-7-4-8-13(15,10-12)9-11-5-2-1-3-6-11/h11-12,15H,1-10,14H2. The van der Waals surface area contributed by atoms with Crippen LogP contribution in [-0.2, 0) is 0 Å². The summed E-state index contributed by atoms with van der Waals surface area (Å²) in [5.41, 5.74) is 5.54. The molecular formula is C13H25NO. The van der Waals surface area contributed by atoms with Gasteiger partial charge in [-0.3, -0.25) is 0 Å². The summed E-state index contributed by atoms with van der Waals surface area (Å²) in [7, 11) is 0. The maximum absolute atomic E-state index is 10.5. The molecule has 2 nitrogen and oxygen atoms in total. The molecule has 2 fully saturated rings. The molecule has 3 N–H and O–H groups in total. The van der Waals surface area contributed by atoms with Crippen LogP contribution in [0.3, 0.4) is 0 Å². The third-order valence-electron chi connectivity index (χ3n) is 4.25. The van der Waals surface area contributed by atoms with E-state index in [-0.39, 0.29) is 6.04 Å². The Hall–Kier alpha value is -0.0800. The number of hydrogen-bond donors (Lipinski definition) is 2. The van der Waals surface area contributed by atoms with Gasteiger partial charge in [-0.05, 0) is 38.0 Å². The maximum Gasteiger partial charge on any atom is 0.0665 e. The highest BCUT2D eigenvalue weighted by Gasteiger charge is 2.35. The van der Waals surface area contributed by atoms with E-state index in [2.05, 4.69) is 0 Å². The van der Waals surface area contributed by atoms with Crippen molar-refractivity contribution in [3.05, 3.63) is 0 Å².